The van der Waals surface area contributed by atoms with Crippen molar-refractivity contribution in [2.24, 2.45) is 0 Å². The van der Waals surface area contributed by atoms with Gasteiger partial charge in [0.2, 0.25) is 10.0 Å². The van der Waals surface area contributed by atoms with Crippen molar-refractivity contribution in [2.75, 3.05) is 11.9 Å². The molecule has 0 amide bonds. The fraction of sp³-hybridized carbons (Fsp3) is 0.357. The summed E-state index contributed by atoms with van der Waals surface area (Å²) in [5, 5.41) is 11.7. The van der Waals surface area contributed by atoms with Crippen molar-refractivity contribution in [1.82, 2.24) is 4.72 Å². The van der Waals surface area contributed by atoms with Gasteiger partial charge in [0, 0.05) is 18.7 Å². The van der Waals surface area contributed by atoms with Crippen LogP contribution in [0, 0.1) is 12.3 Å². The zero-order chi connectivity index (χ0) is 15.9. The summed E-state index contributed by atoms with van der Waals surface area (Å²) < 4.78 is 26.2. The molecule has 3 N–H and O–H groups in total. The van der Waals surface area contributed by atoms with Crippen molar-refractivity contribution in [3.8, 4) is 12.3 Å². The lowest BCUT2D eigenvalue weighted by Crippen LogP contribution is -2.28. The molecule has 7 heteroatoms. The number of terminal acetylenes is 1. The number of rotatable bonds is 8. The third-order valence-electron chi connectivity index (χ3n) is 2.67. The molecule has 0 aliphatic carbocycles. The molecular formula is C14H18N2O4S. The molecule has 0 heterocycles. The number of hydrogen-bond donors (Lipinski definition) is 3. The smallest absolute Gasteiger partial charge is 0.327 e. The van der Waals surface area contributed by atoms with Crippen molar-refractivity contribution >= 4 is 21.7 Å². The molecule has 0 saturated heterocycles. The largest absolute Gasteiger partial charge is 0.480 e. The van der Waals surface area contributed by atoms with Crippen LogP contribution in [0.3, 0.4) is 0 Å². The normalized spacial score (nSPS) is 12.4. The predicted molar refractivity (Wildman–Crippen MR) is 80.4 cm³/mol. The molecule has 6 nitrogen and oxygen atoms in total. The Balaban J connectivity index is 2.83. The van der Waals surface area contributed by atoms with Gasteiger partial charge < -0.3 is 10.4 Å². The molecule has 114 valence electrons. The minimum atomic E-state index is -3.52. The maximum atomic E-state index is 11.9. The highest BCUT2D eigenvalue weighted by molar-refractivity contribution is 7.89. The van der Waals surface area contributed by atoms with Crippen LogP contribution in [0.1, 0.15) is 19.8 Å². The van der Waals surface area contributed by atoms with E-state index in [9.17, 15) is 13.2 Å². The summed E-state index contributed by atoms with van der Waals surface area (Å²) in [6.45, 7) is 2.23. The summed E-state index contributed by atoms with van der Waals surface area (Å²) in [5.41, 5.74) is 0.493. The number of carbonyl (C=O) groups is 1. The first-order valence-electron chi connectivity index (χ1n) is 6.43. The Hall–Kier alpha value is -2.04. The van der Waals surface area contributed by atoms with E-state index in [-0.39, 0.29) is 11.3 Å². The average Bonchev–Trinajstić information content (AvgIpc) is 2.45. The van der Waals surface area contributed by atoms with Gasteiger partial charge in [0.15, 0.2) is 0 Å². The van der Waals surface area contributed by atoms with Gasteiger partial charge >= 0.3 is 5.97 Å². The first-order valence-corrected chi connectivity index (χ1v) is 7.91. The topological polar surface area (TPSA) is 95.5 Å². The first-order chi connectivity index (χ1) is 9.90. The highest BCUT2D eigenvalue weighted by Gasteiger charge is 2.17. The Morgan fingerprint density at radius 3 is 2.48 bits per heavy atom. The maximum Gasteiger partial charge on any atom is 0.327 e. The van der Waals surface area contributed by atoms with E-state index in [1.807, 2.05) is 6.92 Å². The lowest BCUT2D eigenvalue weighted by molar-refractivity contribution is -0.137. The number of benzene rings is 1. The molecule has 1 rings (SSSR count). The summed E-state index contributed by atoms with van der Waals surface area (Å²) in [6.07, 6.45) is 5.84. The molecule has 0 saturated carbocycles. The highest BCUT2D eigenvalue weighted by Crippen LogP contribution is 2.15. The number of carboxylic acid groups (broad SMARTS) is 1. The molecule has 1 aromatic rings. The van der Waals surface area contributed by atoms with Gasteiger partial charge in [-0.2, -0.15) is 0 Å². The molecule has 0 aliphatic heterocycles. The maximum absolute atomic E-state index is 11.9. The monoisotopic (exact) mass is 310 g/mol. The minimum absolute atomic E-state index is 0.0352. The lowest BCUT2D eigenvalue weighted by atomic mass is 10.2. The molecule has 21 heavy (non-hydrogen) atoms. The second kappa shape index (κ2) is 7.67. The first kappa shape index (κ1) is 17.0. The molecule has 0 bridgehead atoms. The molecule has 0 aromatic heterocycles. The summed E-state index contributed by atoms with van der Waals surface area (Å²) in [5.74, 6) is 1.22. The van der Waals surface area contributed by atoms with Crippen LogP contribution in [0.25, 0.3) is 0 Å². The van der Waals surface area contributed by atoms with Crippen molar-refractivity contribution in [1.29, 1.82) is 0 Å². The van der Waals surface area contributed by atoms with Gasteiger partial charge in [0.25, 0.3) is 0 Å². The van der Waals surface area contributed by atoms with Crippen LogP contribution in [0.4, 0.5) is 5.69 Å². The molecule has 0 aliphatic rings. The zero-order valence-corrected chi connectivity index (χ0v) is 12.5. The fourth-order valence-corrected chi connectivity index (χ4v) is 2.70. The van der Waals surface area contributed by atoms with Crippen LogP contribution in [0.15, 0.2) is 29.2 Å². The van der Waals surface area contributed by atoms with E-state index in [2.05, 4.69) is 16.0 Å². The van der Waals surface area contributed by atoms with Crippen LogP contribution in [-0.2, 0) is 14.8 Å². The average molecular weight is 310 g/mol. The summed E-state index contributed by atoms with van der Waals surface area (Å²) in [4.78, 5) is 11.1. The third kappa shape index (κ3) is 5.10. The molecule has 0 radical (unpaired) electrons. The van der Waals surface area contributed by atoms with Gasteiger partial charge in [0.05, 0.1) is 4.90 Å². The van der Waals surface area contributed by atoms with Gasteiger partial charge in [-0.15, -0.1) is 12.3 Å². The molecule has 0 spiro atoms. The minimum Gasteiger partial charge on any atom is -0.480 e. The molecule has 0 fully saturated rings. The number of sulfonamides is 1. The van der Waals surface area contributed by atoms with E-state index in [1.165, 1.54) is 24.3 Å². The summed E-state index contributed by atoms with van der Waals surface area (Å²) in [7, 11) is -3.52. The van der Waals surface area contributed by atoms with Crippen LogP contribution in [-0.4, -0.2) is 32.1 Å². The van der Waals surface area contributed by atoms with E-state index in [0.717, 1.165) is 0 Å². The third-order valence-corrected chi connectivity index (χ3v) is 4.14. The molecule has 1 atom stereocenters. The number of nitrogens with one attached hydrogen (secondary N) is 2. The molecular weight excluding hydrogens is 292 g/mol. The SMILES string of the molecule is C#CCC(Nc1ccc(S(=O)(=O)NCCC)cc1)C(=O)O. The summed E-state index contributed by atoms with van der Waals surface area (Å²) >= 11 is 0. The van der Waals surface area contributed by atoms with Crippen LogP contribution in [0.2, 0.25) is 0 Å². The van der Waals surface area contributed by atoms with Crippen LogP contribution < -0.4 is 10.0 Å². The lowest BCUT2D eigenvalue weighted by Gasteiger charge is -2.13. The van der Waals surface area contributed by atoms with Gasteiger partial charge in [-0.3, -0.25) is 0 Å². The second-order valence-corrected chi connectivity index (χ2v) is 6.13. The van der Waals surface area contributed by atoms with E-state index < -0.39 is 22.0 Å². The Morgan fingerprint density at radius 2 is 2.00 bits per heavy atom. The van der Waals surface area contributed by atoms with E-state index >= 15 is 0 Å². The Bertz CT molecular complexity index is 617. The summed E-state index contributed by atoms with van der Waals surface area (Å²) in [6, 6.07) is 4.93. The quantitative estimate of drug-likeness (QED) is 0.628. The zero-order valence-electron chi connectivity index (χ0n) is 11.7. The Morgan fingerprint density at radius 1 is 1.38 bits per heavy atom. The van der Waals surface area contributed by atoms with E-state index in [4.69, 9.17) is 11.5 Å². The van der Waals surface area contributed by atoms with Crippen molar-refractivity contribution in [3.63, 3.8) is 0 Å². The van der Waals surface area contributed by atoms with Gasteiger partial charge in [-0.1, -0.05) is 6.92 Å². The fourth-order valence-electron chi connectivity index (χ4n) is 1.57. The van der Waals surface area contributed by atoms with E-state index in [0.29, 0.717) is 18.7 Å². The Kier molecular flexibility index (Phi) is 6.21. The number of anilines is 1. The Labute approximate surface area is 124 Å². The van der Waals surface area contributed by atoms with Gasteiger partial charge in [0.1, 0.15) is 6.04 Å². The van der Waals surface area contributed by atoms with Crippen LogP contribution >= 0.6 is 0 Å². The number of aliphatic carboxylic acids is 1. The van der Waals surface area contributed by atoms with E-state index in [1.54, 1.807) is 0 Å². The van der Waals surface area contributed by atoms with Crippen molar-refractivity contribution in [2.45, 2.75) is 30.7 Å². The van der Waals surface area contributed by atoms with Crippen LogP contribution in [0.5, 0.6) is 0 Å². The van der Waals surface area contributed by atoms with Gasteiger partial charge in [-0.05, 0) is 30.7 Å². The number of carboxylic acids is 1. The van der Waals surface area contributed by atoms with Gasteiger partial charge in [-0.25, -0.2) is 17.9 Å². The molecule has 1 aromatic carbocycles. The van der Waals surface area contributed by atoms with Crippen molar-refractivity contribution in [3.05, 3.63) is 24.3 Å². The van der Waals surface area contributed by atoms with Crippen molar-refractivity contribution < 1.29 is 18.3 Å². The highest BCUT2D eigenvalue weighted by atomic mass is 32.2. The number of hydrogen-bond acceptors (Lipinski definition) is 4. The second-order valence-electron chi connectivity index (χ2n) is 4.37. The molecule has 1 unspecified atom stereocenters. The predicted octanol–water partition coefficient (Wildman–Crippen LogP) is 1.26. The standard InChI is InChI=1S/C14H18N2O4S/c1-3-5-13(14(17)18)16-11-6-8-12(9-7-11)21(19,20)15-10-4-2/h1,6-9,13,15-16H,4-5,10H2,2H3,(H,17,18).